The van der Waals surface area contributed by atoms with Crippen LogP contribution in [0.5, 0.6) is 0 Å². The number of pyridine rings is 1. The fourth-order valence-electron chi connectivity index (χ4n) is 3.01. The van der Waals surface area contributed by atoms with Crippen molar-refractivity contribution in [1.82, 2.24) is 19.9 Å². The van der Waals surface area contributed by atoms with Crippen molar-refractivity contribution in [2.75, 3.05) is 13.6 Å². The van der Waals surface area contributed by atoms with Crippen molar-refractivity contribution in [3.05, 3.63) is 72.2 Å². The van der Waals surface area contributed by atoms with Crippen LogP contribution in [0.15, 0.2) is 60.9 Å². The number of amides is 1. The first-order valence-corrected chi connectivity index (χ1v) is 8.95. The number of primary amides is 1. The van der Waals surface area contributed by atoms with Crippen LogP contribution in [-0.2, 0) is 11.3 Å². The lowest BCUT2D eigenvalue weighted by molar-refractivity contribution is -0.135. The fourth-order valence-corrected chi connectivity index (χ4v) is 3.01. The van der Waals surface area contributed by atoms with Gasteiger partial charge in [-0.25, -0.2) is 9.97 Å². The zero-order valence-corrected chi connectivity index (χ0v) is 18.6. The van der Waals surface area contributed by atoms with Gasteiger partial charge in [-0.05, 0) is 18.7 Å². The largest absolute Gasteiger partial charge is 0.480 e. The number of carbonyl (C=O) groups is 2. The number of hydrogen-bond acceptors (Lipinski definition) is 5. The number of imidazole rings is 1. The molecular formula is C21H22IN5O3. The van der Waals surface area contributed by atoms with E-state index in [-0.39, 0.29) is 36.2 Å². The number of nitrogens with zero attached hydrogens (tertiary/aromatic N) is 3. The van der Waals surface area contributed by atoms with E-state index in [1.165, 1.54) is 0 Å². The van der Waals surface area contributed by atoms with Crippen LogP contribution in [0.3, 0.4) is 0 Å². The minimum absolute atomic E-state index is 0. The number of nitrogens with two attached hydrogens (primary N) is 1. The molecule has 0 fully saturated rings. The van der Waals surface area contributed by atoms with Crippen molar-refractivity contribution in [1.29, 1.82) is 0 Å². The van der Waals surface area contributed by atoms with Crippen molar-refractivity contribution in [3.63, 3.8) is 0 Å². The molecule has 0 aliphatic carbocycles. The Morgan fingerprint density at radius 2 is 1.77 bits per heavy atom. The Bertz CT molecular complexity index is 1160. The molecule has 0 aliphatic rings. The molecular weight excluding hydrogens is 497 g/mol. The molecule has 2 aromatic heterocycles. The van der Waals surface area contributed by atoms with Crippen molar-refractivity contribution in [3.8, 4) is 0 Å². The molecule has 8 nitrogen and oxygen atoms in total. The Morgan fingerprint density at radius 3 is 2.37 bits per heavy atom. The van der Waals surface area contributed by atoms with Gasteiger partial charge in [-0.15, -0.1) is 24.0 Å². The maximum Gasteiger partial charge on any atom is 0.317 e. The van der Waals surface area contributed by atoms with Gasteiger partial charge in [0.2, 0.25) is 0 Å². The average molecular weight is 519 g/mol. The van der Waals surface area contributed by atoms with Crippen LogP contribution in [0.2, 0.25) is 0 Å². The number of rotatable bonds is 5. The highest BCUT2D eigenvalue weighted by molar-refractivity contribution is 14.0. The lowest BCUT2D eigenvalue weighted by Gasteiger charge is -2.08. The van der Waals surface area contributed by atoms with Gasteiger partial charge < -0.3 is 20.7 Å². The molecule has 156 valence electrons. The molecule has 4 N–H and O–H groups in total. The first-order valence-electron chi connectivity index (χ1n) is 8.95. The van der Waals surface area contributed by atoms with Crippen molar-refractivity contribution >= 4 is 57.8 Å². The van der Waals surface area contributed by atoms with Gasteiger partial charge >= 0.3 is 5.97 Å². The van der Waals surface area contributed by atoms with E-state index >= 15 is 0 Å². The number of carboxylic acid groups (broad SMARTS) is 1. The Balaban J connectivity index is 0.000000405. The number of hydrogen-bond donors (Lipinski definition) is 3. The lowest BCUT2D eigenvalue weighted by atomic mass is 10.1. The first-order chi connectivity index (χ1) is 14.0. The number of aromatic nitrogens is 3. The van der Waals surface area contributed by atoms with E-state index in [0.29, 0.717) is 12.1 Å². The molecule has 0 radical (unpaired) electrons. The summed E-state index contributed by atoms with van der Waals surface area (Å²) in [7, 11) is 1.59. The van der Waals surface area contributed by atoms with Gasteiger partial charge in [-0.1, -0.05) is 48.5 Å². The Morgan fingerprint density at radius 1 is 1.10 bits per heavy atom. The van der Waals surface area contributed by atoms with Gasteiger partial charge in [-0.2, -0.15) is 0 Å². The predicted octanol–water partition coefficient (Wildman–Crippen LogP) is 2.64. The first kappa shape index (κ1) is 23.2. The molecule has 2 heterocycles. The molecule has 0 spiro atoms. The van der Waals surface area contributed by atoms with Crippen molar-refractivity contribution < 1.29 is 14.7 Å². The highest BCUT2D eigenvalue weighted by Gasteiger charge is 2.17. The molecule has 0 saturated carbocycles. The summed E-state index contributed by atoms with van der Waals surface area (Å²) in [6, 6.07) is 17.8. The van der Waals surface area contributed by atoms with Crippen LogP contribution >= 0.6 is 24.0 Å². The van der Waals surface area contributed by atoms with Gasteiger partial charge in [0.25, 0.3) is 5.91 Å². The minimum Gasteiger partial charge on any atom is -0.480 e. The number of carbonyl (C=O) groups excluding carboxylic acids is 1. The zero-order chi connectivity index (χ0) is 20.8. The normalized spacial score (nSPS) is 10.2. The van der Waals surface area contributed by atoms with E-state index in [1.54, 1.807) is 13.4 Å². The third-order valence-corrected chi connectivity index (χ3v) is 4.21. The summed E-state index contributed by atoms with van der Waals surface area (Å²) in [5.41, 5.74) is 9.03. The second kappa shape index (κ2) is 10.6. The molecule has 9 heteroatoms. The van der Waals surface area contributed by atoms with E-state index in [4.69, 9.17) is 10.8 Å². The second-order valence-corrected chi connectivity index (χ2v) is 6.32. The summed E-state index contributed by atoms with van der Waals surface area (Å²) in [4.78, 5) is 30.0. The van der Waals surface area contributed by atoms with Gasteiger partial charge in [0.05, 0.1) is 23.9 Å². The SMILES string of the molecule is CNCC(=O)O.I.NC(=O)c1nc2ccccc2c2c1ncn2Cc1ccccc1. The smallest absolute Gasteiger partial charge is 0.317 e. The van der Waals surface area contributed by atoms with Gasteiger partial charge in [0, 0.05) is 11.9 Å². The summed E-state index contributed by atoms with van der Waals surface area (Å²) < 4.78 is 2.03. The maximum absolute atomic E-state index is 11.7. The fraction of sp³-hybridized carbons (Fsp3) is 0.143. The third-order valence-electron chi connectivity index (χ3n) is 4.21. The lowest BCUT2D eigenvalue weighted by Crippen LogP contribution is -2.16. The molecule has 4 rings (SSSR count). The van der Waals surface area contributed by atoms with Crippen LogP contribution in [0, 0.1) is 0 Å². The molecule has 0 atom stereocenters. The number of benzene rings is 2. The summed E-state index contributed by atoms with van der Waals surface area (Å²) >= 11 is 0. The van der Waals surface area contributed by atoms with Crippen LogP contribution in [0.25, 0.3) is 21.9 Å². The highest BCUT2D eigenvalue weighted by atomic mass is 127. The third kappa shape index (κ3) is 5.30. The van der Waals surface area contributed by atoms with Gasteiger partial charge in [0.15, 0.2) is 5.69 Å². The summed E-state index contributed by atoms with van der Waals surface area (Å²) in [5.74, 6) is -1.39. The highest BCUT2D eigenvalue weighted by Crippen LogP contribution is 2.26. The van der Waals surface area contributed by atoms with E-state index in [1.807, 2.05) is 47.0 Å². The van der Waals surface area contributed by atoms with Crippen molar-refractivity contribution in [2.24, 2.45) is 5.73 Å². The number of aliphatic carboxylic acids is 1. The van der Waals surface area contributed by atoms with Crippen LogP contribution in [0.1, 0.15) is 16.1 Å². The molecule has 0 aliphatic heterocycles. The van der Waals surface area contributed by atoms with Crippen molar-refractivity contribution in [2.45, 2.75) is 6.54 Å². The van der Waals surface area contributed by atoms with E-state index in [9.17, 15) is 9.59 Å². The number of fused-ring (bicyclic) bond motifs is 3. The molecule has 4 aromatic rings. The second-order valence-electron chi connectivity index (χ2n) is 6.32. The van der Waals surface area contributed by atoms with Crippen LogP contribution in [-0.4, -0.2) is 45.1 Å². The number of para-hydroxylation sites is 1. The number of likely N-dealkylation sites (N-methyl/N-ethyl adjacent to an activating group) is 1. The van der Waals surface area contributed by atoms with E-state index in [2.05, 4.69) is 27.4 Å². The molecule has 0 unspecified atom stereocenters. The average Bonchev–Trinajstić information content (AvgIpc) is 3.12. The van der Waals surface area contributed by atoms with Crippen LogP contribution in [0.4, 0.5) is 0 Å². The molecule has 1 amide bonds. The predicted molar refractivity (Wildman–Crippen MR) is 126 cm³/mol. The maximum atomic E-state index is 11.7. The zero-order valence-electron chi connectivity index (χ0n) is 16.3. The topological polar surface area (TPSA) is 123 Å². The molecule has 2 aromatic carbocycles. The van der Waals surface area contributed by atoms with E-state index in [0.717, 1.165) is 22.0 Å². The monoisotopic (exact) mass is 519 g/mol. The number of halogens is 1. The number of nitrogens with one attached hydrogen (secondary N) is 1. The Labute approximate surface area is 190 Å². The number of carboxylic acids is 1. The molecule has 0 bridgehead atoms. The van der Waals surface area contributed by atoms with Gasteiger partial charge in [-0.3, -0.25) is 9.59 Å². The molecule has 30 heavy (non-hydrogen) atoms. The molecule has 0 saturated heterocycles. The van der Waals surface area contributed by atoms with Gasteiger partial charge in [0.1, 0.15) is 5.52 Å². The quantitative estimate of drug-likeness (QED) is 0.349. The Kier molecular flexibility index (Phi) is 8.25. The summed E-state index contributed by atoms with van der Waals surface area (Å²) in [5, 5.41) is 11.3. The van der Waals surface area contributed by atoms with E-state index < -0.39 is 11.9 Å². The minimum atomic E-state index is -0.822. The summed E-state index contributed by atoms with van der Waals surface area (Å²) in [6.07, 6.45) is 1.73. The standard InChI is InChI=1S/C18H14N4O.C3H7NO2.HI/c19-18(23)16-15-17(13-8-4-5-9-14(13)21-16)22(11-20-15)10-12-6-2-1-3-7-12;1-4-2-3(5)6;/h1-9,11H,10H2,(H2,19,23);4H,2H2,1H3,(H,5,6);1H. The summed E-state index contributed by atoms with van der Waals surface area (Å²) in [6.45, 7) is 0.712. The van der Waals surface area contributed by atoms with Crippen LogP contribution < -0.4 is 11.1 Å². The Hall–Kier alpha value is -3.05.